The highest BCUT2D eigenvalue weighted by Gasteiger charge is 2.29. The molecule has 2 heterocycles. The summed E-state index contributed by atoms with van der Waals surface area (Å²) in [5, 5.41) is 0. The summed E-state index contributed by atoms with van der Waals surface area (Å²) in [6.07, 6.45) is 2.39. The van der Waals surface area contributed by atoms with Crippen molar-refractivity contribution >= 4 is 11.5 Å². The summed E-state index contributed by atoms with van der Waals surface area (Å²) < 4.78 is 51.6. The fraction of sp³-hybridized carbons (Fsp3) is 0.478. The molecule has 0 amide bonds. The zero-order valence-electron chi connectivity index (χ0n) is 17.9. The van der Waals surface area contributed by atoms with Crippen molar-refractivity contribution in [2.45, 2.75) is 51.6 Å². The monoisotopic (exact) mass is 436 g/mol. The van der Waals surface area contributed by atoms with Crippen molar-refractivity contribution < 1.29 is 27.4 Å². The van der Waals surface area contributed by atoms with Gasteiger partial charge in [0, 0.05) is 32.5 Å². The van der Waals surface area contributed by atoms with Gasteiger partial charge >= 0.3 is 0 Å². The maximum atomic E-state index is 14.7. The van der Waals surface area contributed by atoms with Crippen molar-refractivity contribution in [2.24, 2.45) is 0 Å². The van der Waals surface area contributed by atoms with Gasteiger partial charge in [-0.2, -0.15) is 4.39 Å². The SMILES string of the molecule is CC(=O)C[C@@H](C)c1ccc(O[C@@H]2CCN(c3ccnc(OCC(C)(F)F)c3F)C2)cc1. The average molecular weight is 436 g/mol. The summed E-state index contributed by atoms with van der Waals surface area (Å²) in [6, 6.07) is 9.15. The third kappa shape index (κ3) is 6.35. The standard InChI is InChI=1S/C23H27F3N2O3/c1-15(12-16(2)29)17-4-6-18(7-5-17)31-19-9-11-28(13-19)20-8-10-27-22(21(20)24)30-14-23(3,25)26/h4-8,10,15,19H,9,11-14H2,1-3H3/t15-,19-/m1/s1. The topological polar surface area (TPSA) is 51.7 Å². The first kappa shape index (κ1) is 22.9. The second-order valence-electron chi connectivity index (χ2n) is 8.16. The molecule has 3 rings (SSSR count). The van der Waals surface area contributed by atoms with Crippen LogP contribution in [0.2, 0.25) is 0 Å². The number of carbonyl (C=O) groups excluding carboxylic acids is 1. The Morgan fingerprint density at radius 2 is 2.00 bits per heavy atom. The molecule has 1 aliphatic rings. The molecule has 1 fully saturated rings. The van der Waals surface area contributed by atoms with Gasteiger partial charge in [-0.25, -0.2) is 13.8 Å². The first-order valence-electron chi connectivity index (χ1n) is 10.3. The molecule has 5 nitrogen and oxygen atoms in total. The molecule has 8 heteroatoms. The van der Waals surface area contributed by atoms with Crippen LogP contribution in [0.4, 0.5) is 18.9 Å². The van der Waals surface area contributed by atoms with Crippen LogP contribution in [0.25, 0.3) is 0 Å². The molecule has 0 radical (unpaired) electrons. The lowest BCUT2D eigenvalue weighted by Gasteiger charge is -2.21. The second kappa shape index (κ2) is 9.58. The van der Waals surface area contributed by atoms with Crippen LogP contribution in [0.5, 0.6) is 11.6 Å². The van der Waals surface area contributed by atoms with Crippen LogP contribution in [-0.2, 0) is 4.79 Å². The number of pyridine rings is 1. The summed E-state index contributed by atoms with van der Waals surface area (Å²) in [4.78, 5) is 16.8. The Labute approximate surface area is 180 Å². The van der Waals surface area contributed by atoms with Gasteiger partial charge in [-0.15, -0.1) is 0 Å². The van der Waals surface area contributed by atoms with Crippen molar-refractivity contribution in [3.8, 4) is 11.6 Å². The third-order valence-electron chi connectivity index (χ3n) is 5.13. The smallest absolute Gasteiger partial charge is 0.278 e. The van der Waals surface area contributed by atoms with Gasteiger partial charge in [-0.1, -0.05) is 19.1 Å². The van der Waals surface area contributed by atoms with Crippen molar-refractivity contribution in [3.05, 3.63) is 47.9 Å². The molecule has 0 unspecified atom stereocenters. The summed E-state index contributed by atoms with van der Waals surface area (Å²) in [5.74, 6) is -3.26. The first-order chi connectivity index (χ1) is 14.6. The van der Waals surface area contributed by atoms with Gasteiger partial charge in [-0.05, 0) is 36.6 Å². The quantitative estimate of drug-likeness (QED) is 0.554. The lowest BCUT2D eigenvalue weighted by Crippen LogP contribution is -2.26. The number of alkyl halides is 2. The molecule has 31 heavy (non-hydrogen) atoms. The minimum atomic E-state index is -3.07. The van der Waals surface area contributed by atoms with E-state index in [0.29, 0.717) is 38.6 Å². The van der Waals surface area contributed by atoms with Crippen molar-refractivity contribution in [3.63, 3.8) is 0 Å². The molecule has 2 aromatic rings. The number of ketones is 1. The maximum Gasteiger partial charge on any atom is 0.278 e. The highest BCUT2D eigenvalue weighted by molar-refractivity contribution is 5.76. The van der Waals surface area contributed by atoms with Crippen LogP contribution >= 0.6 is 0 Å². The number of anilines is 1. The van der Waals surface area contributed by atoms with Gasteiger partial charge < -0.3 is 19.2 Å². The number of carbonyl (C=O) groups is 1. The molecule has 0 N–H and O–H groups in total. The largest absolute Gasteiger partial charge is 0.489 e. The van der Waals surface area contributed by atoms with E-state index in [0.717, 1.165) is 5.56 Å². The predicted octanol–water partition coefficient (Wildman–Crippen LogP) is 5.00. The van der Waals surface area contributed by atoms with E-state index in [1.807, 2.05) is 31.2 Å². The molecule has 1 aromatic heterocycles. The van der Waals surface area contributed by atoms with E-state index in [-0.39, 0.29) is 23.5 Å². The summed E-state index contributed by atoms with van der Waals surface area (Å²) in [6.45, 7) is 4.37. The molecule has 168 valence electrons. The van der Waals surface area contributed by atoms with Crippen molar-refractivity contribution in [1.82, 2.24) is 4.98 Å². The number of benzene rings is 1. The maximum absolute atomic E-state index is 14.7. The highest BCUT2D eigenvalue weighted by atomic mass is 19.3. The van der Waals surface area contributed by atoms with E-state index in [4.69, 9.17) is 9.47 Å². The Morgan fingerprint density at radius 3 is 2.65 bits per heavy atom. The molecule has 0 aliphatic carbocycles. The van der Waals surface area contributed by atoms with Gasteiger partial charge in [0.25, 0.3) is 11.8 Å². The molecular weight excluding hydrogens is 409 g/mol. The predicted molar refractivity (Wildman–Crippen MR) is 112 cm³/mol. The fourth-order valence-electron chi connectivity index (χ4n) is 3.61. The first-order valence-corrected chi connectivity index (χ1v) is 10.3. The Balaban J connectivity index is 1.60. The zero-order chi connectivity index (χ0) is 22.6. The number of Topliss-reactive ketones (excluding diaryl/α,β-unsaturated/α-hetero) is 1. The van der Waals surface area contributed by atoms with E-state index >= 15 is 0 Å². The molecule has 1 aliphatic heterocycles. The second-order valence-corrected chi connectivity index (χ2v) is 8.16. The van der Waals surface area contributed by atoms with Crippen LogP contribution in [0.1, 0.15) is 45.1 Å². The lowest BCUT2D eigenvalue weighted by molar-refractivity contribution is -0.117. The van der Waals surface area contributed by atoms with Crippen LogP contribution in [0.15, 0.2) is 36.5 Å². The van der Waals surface area contributed by atoms with Crippen LogP contribution in [-0.4, -0.2) is 42.5 Å². The normalized spacial score (nSPS) is 17.5. The molecular formula is C23H27F3N2O3. The van der Waals surface area contributed by atoms with E-state index < -0.39 is 24.2 Å². The molecule has 0 saturated carbocycles. The number of halogens is 3. The van der Waals surface area contributed by atoms with E-state index in [9.17, 15) is 18.0 Å². The van der Waals surface area contributed by atoms with Crippen LogP contribution < -0.4 is 14.4 Å². The van der Waals surface area contributed by atoms with Crippen molar-refractivity contribution in [2.75, 3.05) is 24.6 Å². The van der Waals surface area contributed by atoms with Crippen molar-refractivity contribution in [1.29, 1.82) is 0 Å². The van der Waals surface area contributed by atoms with Gasteiger partial charge in [0.2, 0.25) is 5.82 Å². The molecule has 2 atom stereocenters. The Morgan fingerprint density at radius 1 is 1.29 bits per heavy atom. The number of ether oxygens (including phenoxy) is 2. The molecule has 0 bridgehead atoms. The van der Waals surface area contributed by atoms with Gasteiger partial charge in [-0.3, -0.25) is 0 Å². The van der Waals surface area contributed by atoms with E-state index in [1.165, 1.54) is 12.3 Å². The molecule has 1 aromatic carbocycles. The van der Waals surface area contributed by atoms with Crippen LogP contribution in [0.3, 0.4) is 0 Å². The average Bonchev–Trinajstić information content (AvgIpc) is 3.14. The zero-order valence-corrected chi connectivity index (χ0v) is 17.9. The Bertz CT molecular complexity index is 900. The van der Waals surface area contributed by atoms with E-state index in [2.05, 4.69) is 4.98 Å². The molecule has 0 spiro atoms. The Kier molecular flexibility index (Phi) is 7.08. The third-order valence-corrected chi connectivity index (χ3v) is 5.13. The van der Waals surface area contributed by atoms with Gasteiger partial charge in [0.05, 0.1) is 12.2 Å². The van der Waals surface area contributed by atoms with E-state index in [1.54, 1.807) is 11.8 Å². The Hall–Kier alpha value is -2.77. The number of aromatic nitrogens is 1. The minimum Gasteiger partial charge on any atom is -0.489 e. The lowest BCUT2D eigenvalue weighted by atomic mass is 9.96. The molecule has 1 saturated heterocycles. The van der Waals surface area contributed by atoms with Gasteiger partial charge in [0.1, 0.15) is 17.6 Å². The number of hydrogen-bond donors (Lipinski definition) is 0. The fourth-order valence-corrected chi connectivity index (χ4v) is 3.61. The van der Waals surface area contributed by atoms with Crippen LogP contribution in [0, 0.1) is 5.82 Å². The number of hydrogen-bond acceptors (Lipinski definition) is 5. The van der Waals surface area contributed by atoms with Gasteiger partial charge in [0.15, 0.2) is 6.61 Å². The minimum absolute atomic E-state index is 0.141. The summed E-state index contributed by atoms with van der Waals surface area (Å²) >= 11 is 0. The highest BCUT2D eigenvalue weighted by Crippen LogP contribution is 2.30. The number of rotatable bonds is 9. The summed E-state index contributed by atoms with van der Waals surface area (Å²) in [7, 11) is 0. The summed E-state index contributed by atoms with van der Waals surface area (Å²) in [5.41, 5.74) is 1.32. The number of nitrogens with zero attached hydrogens (tertiary/aromatic N) is 2.